The van der Waals surface area contributed by atoms with E-state index in [-0.39, 0.29) is 17.4 Å². The zero-order valence-electron chi connectivity index (χ0n) is 16.6. The Morgan fingerprint density at radius 3 is 2.48 bits per heavy atom. The Balaban J connectivity index is 1.63. The number of nitrogens with zero attached hydrogens (tertiary/aromatic N) is 3. The van der Waals surface area contributed by atoms with Crippen LogP contribution in [-0.4, -0.2) is 32.5 Å². The molecule has 4 aromatic rings. The Kier molecular flexibility index (Phi) is 6.09. The van der Waals surface area contributed by atoms with Crippen LogP contribution in [0.4, 0.5) is 10.3 Å². The predicted octanol–water partition coefficient (Wildman–Crippen LogP) is 3.01. The van der Waals surface area contributed by atoms with Crippen molar-refractivity contribution in [1.29, 1.82) is 0 Å². The number of rotatable bonds is 7. The topological polar surface area (TPSA) is 110 Å². The molecule has 0 saturated carbocycles. The zero-order chi connectivity index (χ0) is 21.6. The number of nitrogens with two attached hydrogens (primary N) is 1. The third-order valence-corrected chi connectivity index (χ3v) is 4.74. The lowest BCUT2D eigenvalue weighted by Crippen LogP contribution is -2.32. The number of aromatic nitrogens is 4. The molecule has 0 amide bonds. The Labute approximate surface area is 178 Å². The van der Waals surface area contributed by atoms with E-state index < -0.39 is 0 Å². The SMILES string of the molecule is NC(CNc1nc(-c2ccncc2)c(-c2ccc(F)cc2)c(=O)[nH]1)Cc1ccccn1. The lowest BCUT2D eigenvalue weighted by atomic mass is 10.0. The summed E-state index contributed by atoms with van der Waals surface area (Å²) >= 11 is 0. The molecule has 1 aromatic carbocycles. The number of halogens is 1. The second-order valence-electron chi connectivity index (χ2n) is 7.05. The molecule has 3 aromatic heterocycles. The number of nitrogens with one attached hydrogen (secondary N) is 2. The fourth-order valence-corrected chi connectivity index (χ4v) is 3.25. The maximum atomic E-state index is 13.4. The Hall–Kier alpha value is -3.91. The largest absolute Gasteiger partial charge is 0.354 e. The van der Waals surface area contributed by atoms with Gasteiger partial charge in [0.2, 0.25) is 5.95 Å². The van der Waals surface area contributed by atoms with Gasteiger partial charge >= 0.3 is 0 Å². The molecule has 0 fully saturated rings. The van der Waals surface area contributed by atoms with Crippen molar-refractivity contribution >= 4 is 5.95 Å². The van der Waals surface area contributed by atoms with Gasteiger partial charge in [-0.3, -0.25) is 19.7 Å². The highest BCUT2D eigenvalue weighted by Crippen LogP contribution is 2.28. The van der Waals surface area contributed by atoms with Crippen LogP contribution in [0, 0.1) is 5.82 Å². The fourth-order valence-electron chi connectivity index (χ4n) is 3.25. The highest BCUT2D eigenvalue weighted by molar-refractivity contribution is 5.80. The molecule has 31 heavy (non-hydrogen) atoms. The standard InChI is InChI=1S/C23H21FN6O/c24-17-6-4-15(5-7-17)20-21(16-8-11-26-12-9-16)29-23(30-22(20)31)28-14-18(25)13-19-3-1-2-10-27-19/h1-12,18H,13-14,25H2,(H2,28,29,30,31). The Morgan fingerprint density at radius 1 is 1.00 bits per heavy atom. The Morgan fingerprint density at radius 2 is 1.77 bits per heavy atom. The summed E-state index contributed by atoms with van der Waals surface area (Å²) in [5, 5.41) is 3.11. The van der Waals surface area contributed by atoms with E-state index >= 15 is 0 Å². The minimum Gasteiger partial charge on any atom is -0.354 e. The van der Waals surface area contributed by atoms with Crippen LogP contribution in [0.15, 0.2) is 78.0 Å². The molecule has 0 spiro atoms. The van der Waals surface area contributed by atoms with Gasteiger partial charge in [-0.2, -0.15) is 0 Å². The minimum absolute atomic E-state index is 0.221. The first-order valence-electron chi connectivity index (χ1n) is 9.80. The monoisotopic (exact) mass is 416 g/mol. The van der Waals surface area contributed by atoms with Gasteiger partial charge in [0.05, 0.1) is 11.3 Å². The van der Waals surface area contributed by atoms with E-state index in [1.165, 1.54) is 12.1 Å². The van der Waals surface area contributed by atoms with Crippen LogP contribution in [-0.2, 0) is 6.42 Å². The normalized spacial score (nSPS) is 11.8. The summed E-state index contributed by atoms with van der Waals surface area (Å²) in [5.74, 6) is -0.0714. The van der Waals surface area contributed by atoms with Gasteiger partial charge in [0.1, 0.15) is 5.82 Å². The number of anilines is 1. The number of H-pyrrole nitrogens is 1. The second kappa shape index (κ2) is 9.27. The lowest BCUT2D eigenvalue weighted by molar-refractivity contribution is 0.628. The van der Waals surface area contributed by atoms with Crippen LogP contribution in [0.25, 0.3) is 22.4 Å². The number of hydrogen-bond donors (Lipinski definition) is 3. The van der Waals surface area contributed by atoms with Gasteiger partial charge in [-0.05, 0) is 42.0 Å². The number of benzene rings is 1. The van der Waals surface area contributed by atoms with Gasteiger partial charge in [0.15, 0.2) is 0 Å². The van der Waals surface area contributed by atoms with E-state index in [1.54, 1.807) is 42.9 Å². The summed E-state index contributed by atoms with van der Waals surface area (Å²) in [4.78, 5) is 28.7. The molecule has 1 atom stereocenters. The van der Waals surface area contributed by atoms with Crippen LogP contribution in [0.2, 0.25) is 0 Å². The molecule has 4 rings (SSSR count). The first kappa shape index (κ1) is 20.4. The predicted molar refractivity (Wildman–Crippen MR) is 118 cm³/mol. The van der Waals surface area contributed by atoms with E-state index in [0.29, 0.717) is 35.7 Å². The lowest BCUT2D eigenvalue weighted by Gasteiger charge is -2.15. The third-order valence-electron chi connectivity index (χ3n) is 4.74. The van der Waals surface area contributed by atoms with Gasteiger partial charge in [0.25, 0.3) is 5.56 Å². The van der Waals surface area contributed by atoms with Crippen molar-refractivity contribution in [3.05, 3.63) is 95.1 Å². The van der Waals surface area contributed by atoms with Crippen LogP contribution in [0.1, 0.15) is 5.69 Å². The quantitative estimate of drug-likeness (QED) is 0.427. The van der Waals surface area contributed by atoms with Gasteiger partial charge < -0.3 is 11.1 Å². The van der Waals surface area contributed by atoms with Crippen LogP contribution in [0.5, 0.6) is 0 Å². The molecule has 0 bridgehead atoms. The summed E-state index contributed by atoms with van der Waals surface area (Å²) in [6.07, 6.45) is 5.57. The molecule has 0 aliphatic carbocycles. The van der Waals surface area contributed by atoms with Crippen molar-refractivity contribution < 1.29 is 4.39 Å². The van der Waals surface area contributed by atoms with Crippen molar-refractivity contribution in [2.75, 3.05) is 11.9 Å². The summed E-state index contributed by atoms with van der Waals surface area (Å²) in [6, 6.07) is 14.7. The molecule has 1 unspecified atom stereocenters. The maximum Gasteiger partial charge on any atom is 0.260 e. The minimum atomic E-state index is -0.376. The highest BCUT2D eigenvalue weighted by atomic mass is 19.1. The Bertz CT molecular complexity index is 1200. The number of pyridine rings is 2. The van der Waals surface area contributed by atoms with Crippen molar-refractivity contribution in [2.24, 2.45) is 5.73 Å². The van der Waals surface area contributed by atoms with E-state index in [2.05, 4.69) is 25.3 Å². The molecule has 156 valence electrons. The number of aromatic amines is 1. The molecule has 0 aliphatic heterocycles. The summed E-state index contributed by atoms with van der Waals surface area (Å²) in [7, 11) is 0. The first-order valence-corrected chi connectivity index (χ1v) is 9.80. The van der Waals surface area contributed by atoms with Gasteiger partial charge in [-0.25, -0.2) is 9.37 Å². The third kappa shape index (κ3) is 4.99. The molecule has 7 nitrogen and oxygen atoms in total. The summed E-state index contributed by atoms with van der Waals surface area (Å²) < 4.78 is 13.4. The van der Waals surface area contributed by atoms with Crippen molar-refractivity contribution in [1.82, 2.24) is 19.9 Å². The molecule has 8 heteroatoms. The zero-order valence-corrected chi connectivity index (χ0v) is 16.6. The molecule has 0 radical (unpaired) electrons. The van der Waals surface area contributed by atoms with Gasteiger partial charge in [-0.15, -0.1) is 0 Å². The number of hydrogen-bond acceptors (Lipinski definition) is 6. The van der Waals surface area contributed by atoms with Crippen molar-refractivity contribution in [3.63, 3.8) is 0 Å². The van der Waals surface area contributed by atoms with Gasteiger partial charge in [-0.1, -0.05) is 18.2 Å². The molecule has 0 saturated heterocycles. The van der Waals surface area contributed by atoms with E-state index in [0.717, 1.165) is 11.3 Å². The van der Waals surface area contributed by atoms with Crippen LogP contribution >= 0.6 is 0 Å². The van der Waals surface area contributed by atoms with E-state index in [4.69, 9.17) is 5.73 Å². The summed E-state index contributed by atoms with van der Waals surface area (Å²) in [6.45, 7) is 0.394. The smallest absolute Gasteiger partial charge is 0.260 e. The van der Waals surface area contributed by atoms with E-state index in [9.17, 15) is 9.18 Å². The molecule has 3 heterocycles. The van der Waals surface area contributed by atoms with Gasteiger partial charge in [0, 0.05) is 48.9 Å². The highest BCUT2D eigenvalue weighted by Gasteiger charge is 2.16. The van der Waals surface area contributed by atoms with E-state index in [1.807, 2.05) is 18.2 Å². The van der Waals surface area contributed by atoms with Crippen LogP contribution in [0.3, 0.4) is 0 Å². The fraction of sp³-hybridized carbons (Fsp3) is 0.130. The first-order chi connectivity index (χ1) is 15.1. The van der Waals surface area contributed by atoms with Crippen molar-refractivity contribution in [3.8, 4) is 22.4 Å². The second-order valence-corrected chi connectivity index (χ2v) is 7.05. The average molecular weight is 416 g/mol. The molecule has 4 N–H and O–H groups in total. The average Bonchev–Trinajstić information content (AvgIpc) is 2.79. The molecular formula is C23H21FN6O. The van der Waals surface area contributed by atoms with Crippen LogP contribution < -0.4 is 16.6 Å². The molecular weight excluding hydrogens is 395 g/mol. The summed E-state index contributed by atoms with van der Waals surface area (Å²) in [5.41, 5.74) is 8.88. The molecule has 0 aliphatic rings. The van der Waals surface area contributed by atoms with Crippen molar-refractivity contribution in [2.45, 2.75) is 12.5 Å². The maximum absolute atomic E-state index is 13.4.